The number of carboxylic acid groups (broad SMARTS) is 1. The molecule has 1 fully saturated rings. The van der Waals surface area contributed by atoms with Crippen molar-refractivity contribution < 1.29 is 33.8 Å². The highest BCUT2D eigenvalue weighted by Crippen LogP contribution is 2.24. The van der Waals surface area contributed by atoms with Gasteiger partial charge in [-0.15, -0.1) is 0 Å². The number of aliphatic carboxylic acids is 1. The standard InChI is InChI=1S/C42H61N3O7/c1-8-10-12-14-35(41(50)51)43-38(47)28(3)27-36(46)37(29(4)52-42(5,6)7)44-39(48)33-23-25-45(26-24-33)40(49)34-21-19-32(20-22-34)31-17-15-30(16-18-31)13-11-9-2/h15-22,28-29,33,35,37H,8-14,23-27H2,1-7H3,(H,43,47)(H,44,48)(H,50,51)/t28-,29-,35+,37+/m1/s1. The lowest BCUT2D eigenvalue weighted by molar-refractivity contribution is -0.143. The number of hydrogen-bond acceptors (Lipinski definition) is 6. The molecule has 0 bridgehead atoms. The third kappa shape index (κ3) is 13.2. The van der Waals surface area contributed by atoms with Gasteiger partial charge in [0.1, 0.15) is 12.1 Å². The largest absolute Gasteiger partial charge is 0.480 e. The molecule has 3 N–H and O–H groups in total. The summed E-state index contributed by atoms with van der Waals surface area (Å²) < 4.78 is 6.09. The number of hydrogen-bond donors (Lipinski definition) is 3. The fourth-order valence-corrected chi connectivity index (χ4v) is 6.63. The van der Waals surface area contributed by atoms with Crippen LogP contribution in [-0.2, 0) is 30.3 Å². The van der Waals surface area contributed by atoms with E-state index in [0.717, 1.165) is 36.8 Å². The van der Waals surface area contributed by atoms with Crippen LogP contribution in [0.4, 0.5) is 0 Å². The zero-order valence-electron chi connectivity index (χ0n) is 32.3. The number of carboxylic acids is 1. The Labute approximate surface area is 310 Å². The molecule has 10 nitrogen and oxygen atoms in total. The predicted molar refractivity (Wildman–Crippen MR) is 204 cm³/mol. The zero-order valence-corrected chi connectivity index (χ0v) is 32.3. The highest BCUT2D eigenvalue weighted by atomic mass is 16.5. The van der Waals surface area contributed by atoms with Crippen LogP contribution in [0.3, 0.4) is 0 Å². The first-order chi connectivity index (χ1) is 24.6. The molecule has 0 unspecified atom stereocenters. The molecule has 0 aromatic heterocycles. The zero-order chi connectivity index (χ0) is 38.4. The fraction of sp³-hybridized carbons (Fsp3) is 0.595. The highest BCUT2D eigenvalue weighted by Gasteiger charge is 2.36. The first kappa shape index (κ1) is 42.4. The van der Waals surface area contributed by atoms with E-state index in [0.29, 0.717) is 44.3 Å². The second-order valence-electron chi connectivity index (χ2n) is 15.3. The van der Waals surface area contributed by atoms with Gasteiger partial charge in [-0.3, -0.25) is 19.2 Å². The van der Waals surface area contributed by atoms with Gasteiger partial charge in [-0.1, -0.05) is 82.9 Å². The van der Waals surface area contributed by atoms with Crippen molar-refractivity contribution in [3.63, 3.8) is 0 Å². The predicted octanol–water partition coefficient (Wildman–Crippen LogP) is 6.98. The number of Topliss-reactive ketones (excluding diaryl/α,β-unsaturated/α-hetero) is 1. The molecule has 2 aromatic rings. The lowest BCUT2D eigenvalue weighted by Crippen LogP contribution is -2.54. The summed E-state index contributed by atoms with van der Waals surface area (Å²) in [7, 11) is 0. The summed E-state index contributed by atoms with van der Waals surface area (Å²) in [5.74, 6) is -3.57. The average molecular weight is 720 g/mol. The van der Waals surface area contributed by atoms with Gasteiger partial charge in [0.2, 0.25) is 11.8 Å². The molecule has 1 aliphatic rings. The summed E-state index contributed by atoms with van der Waals surface area (Å²) in [6.07, 6.45) is 6.20. The Morgan fingerprint density at radius 2 is 1.42 bits per heavy atom. The number of aryl methyl sites for hydroxylation is 1. The number of carbonyl (C=O) groups excluding carboxylic acids is 4. The van der Waals surface area contributed by atoms with E-state index in [1.54, 1.807) is 18.7 Å². The van der Waals surface area contributed by atoms with E-state index in [1.165, 1.54) is 12.0 Å². The van der Waals surface area contributed by atoms with E-state index >= 15 is 0 Å². The molecule has 10 heteroatoms. The van der Waals surface area contributed by atoms with Crippen molar-refractivity contribution >= 4 is 29.5 Å². The molecule has 286 valence electrons. The molecule has 4 atom stereocenters. The molecule has 1 heterocycles. The number of ketones is 1. The monoisotopic (exact) mass is 719 g/mol. The molecular formula is C42H61N3O7. The van der Waals surface area contributed by atoms with Crippen molar-refractivity contribution in [2.75, 3.05) is 13.1 Å². The van der Waals surface area contributed by atoms with Crippen LogP contribution in [0.5, 0.6) is 0 Å². The van der Waals surface area contributed by atoms with Gasteiger partial charge >= 0.3 is 5.97 Å². The summed E-state index contributed by atoms with van der Waals surface area (Å²) >= 11 is 0. The number of unbranched alkanes of at least 4 members (excludes halogenated alkanes) is 3. The lowest BCUT2D eigenvalue weighted by Gasteiger charge is -2.34. The Kier molecular flexibility index (Phi) is 16.5. The van der Waals surface area contributed by atoms with Crippen LogP contribution in [0.15, 0.2) is 48.5 Å². The Morgan fingerprint density at radius 3 is 1.96 bits per heavy atom. The van der Waals surface area contributed by atoms with Crippen molar-refractivity contribution in [2.45, 2.75) is 136 Å². The molecule has 1 saturated heterocycles. The molecule has 1 aliphatic heterocycles. The number of amides is 3. The Bertz CT molecular complexity index is 1470. The van der Waals surface area contributed by atoms with E-state index in [1.807, 2.05) is 52.0 Å². The van der Waals surface area contributed by atoms with Crippen molar-refractivity contribution in [3.05, 3.63) is 59.7 Å². The normalized spacial score (nSPS) is 16.0. The maximum Gasteiger partial charge on any atom is 0.326 e. The summed E-state index contributed by atoms with van der Waals surface area (Å²) in [4.78, 5) is 67.1. The maximum atomic E-state index is 13.7. The van der Waals surface area contributed by atoms with Crippen molar-refractivity contribution in [1.82, 2.24) is 15.5 Å². The van der Waals surface area contributed by atoms with E-state index in [-0.39, 0.29) is 24.0 Å². The molecule has 0 aliphatic carbocycles. The van der Waals surface area contributed by atoms with Gasteiger partial charge in [0, 0.05) is 36.9 Å². The maximum absolute atomic E-state index is 13.7. The van der Waals surface area contributed by atoms with Gasteiger partial charge in [-0.05, 0) is 88.6 Å². The third-order valence-electron chi connectivity index (χ3n) is 9.71. The van der Waals surface area contributed by atoms with E-state index in [9.17, 15) is 29.1 Å². The van der Waals surface area contributed by atoms with Crippen LogP contribution in [0.25, 0.3) is 11.1 Å². The van der Waals surface area contributed by atoms with Crippen molar-refractivity contribution in [1.29, 1.82) is 0 Å². The molecule has 0 spiro atoms. The first-order valence-corrected chi connectivity index (χ1v) is 19.2. The average Bonchev–Trinajstić information content (AvgIpc) is 3.11. The molecule has 2 aromatic carbocycles. The van der Waals surface area contributed by atoms with Gasteiger partial charge in [-0.25, -0.2) is 4.79 Å². The summed E-state index contributed by atoms with van der Waals surface area (Å²) in [6, 6.07) is 14.2. The Hall–Kier alpha value is -4.05. The number of nitrogens with one attached hydrogen (secondary N) is 2. The van der Waals surface area contributed by atoms with Gasteiger partial charge < -0.3 is 25.4 Å². The minimum Gasteiger partial charge on any atom is -0.480 e. The number of likely N-dealkylation sites (tertiary alicyclic amines) is 1. The molecular weight excluding hydrogens is 658 g/mol. The summed E-state index contributed by atoms with van der Waals surface area (Å²) in [6.45, 7) is 13.9. The van der Waals surface area contributed by atoms with Crippen LogP contribution in [0.2, 0.25) is 0 Å². The van der Waals surface area contributed by atoms with Crippen LogP contribution in [0, 0.1) is 11.8 Å². The van der Waals surface area contributed by atoms with E-state index < -0.39 is 47.5 Å². The number of ether oxygens (including phenoxy) is 1. The van der Waals surface area contributed by atoms with Gasteiger partial charge in [0.05, 0.1) is 11.7 Å². The van der Waals surface area contributed by atoms with Crippen LogP contribution in [0.1, 0.15) is 122 Å². The Morgan fingerprint density at radius 1 is 0.846 bits per heavy atom. The van der Waals surface area contributed by atoms with Crippen molar-refractivity contribution in [2.24, 2.45) is 11.8 Å². The second-order valence-corrected chi connectivity index (χ2v) is 15.3. The minimum atomic E-state index is -1.11. The molecule has 52 heavy (non-hydrogen) atoms. The quantitative estimate of drug-likeness (QED) is 0.133. The molecule has 3 amide bonds. The van der Waals surface area contributed by atoms with Gasteiger partial charge in [0.15, 0.2) is 5.78 Å². The van der Waals surface area contributed by atoms with Crippen LogP contribution >= 0.6 is 0 Å². The molecule has 0 saturated carbocycles. The number of rotatable bonds is 19. The SMILES string of the molecule is CCCCC[C@H](NC(=O)[C@H](C)CC(=O)[C@@H](NC(=O)C1CCN(C(=O)c2ccc(-c3ccc(CCCC)cc3)cc2)CC1)[C@@H](C)OC(C)(C)C)C(=O)O. The smallest absolute Gasteiger partial charge is 0.326 e. The second kappa shape index (κ2) is 20.3. The Balaban J connectivity index is 1.59. The third-order valence-corrected chi connectivity index (χ3v) is 9.71. The first-order valence-electron chi connectivity index (χ1n) is 19.2. The van der Waals surface area contributed by atoms with E-state index in [2.05, 4.69) is 41.8 Å². The molecule has 0 radical (unpaired) electrons. The topological polar surface area (TPSA) is 142 Å². The number of benzene rings is 2. The van der Waals surface area contributed by atoms with Crippen molar-refractivity contribution in [3.8, 4) is 11.1 Å². The fourth-order valence-electron chi connectivity index (χ4n) is 6.63. The van der Waals surface area contributed by atoms with Gasteiger partial charge in [-0.2, -0.15) is 0 Å². The minimum absolute atomic E-state index is 0.0802. The summed E-state index contributed by atoms with van der Waals surface area (Å²) in [5, 5.41) is 15.1. The number of piperidine rings is 1. The number of nitrogens with zero attached hydrogens (tertiary/aromatic N) is 1. The van der Waals surface area contributed by atoms with Crippen LogP contribution < -0.4 is 10.6 Å². The summed E-state index contributed by atoms with van der Waals surface area (Å²) in [5.41, 5.74) is 3.47. The highest BCUT2D eigenvalue weighted by molar-refractivity contribution is 5.96. The number of carbonyl (C=O) groups is 5. The van der Waals surface area contributed by atoms with Gasteiger partial charge in [0.25, 0.3) is 5.91 Å². The lowest BCUT2D eigenvalue weighted by atomic mass is 9.92. The molecule has 3 rings (SSSR count). The van der Waals surface area contributed by atoms with E-state index in [4.69, 9.17) is 4.74 Å². The van der Waals surface area contributed by atoms with Crippen LogP contribution in [-0.4, -0.2) is 76.4 Å².